The predicted molar refractivity (Wildman–Crippen MR) is 249 cm³/mol. The first-order chi connectivity index (χ1) is 29.6. The van der Waals surface area contributed by atoms with Crippen molar-refractivity contribution in [2.75, 3.05) is 4.90 Å². The van der Waals surface area contributed by atoms with Gasteiger partial charge in [0.05, 0.1) is 33.5 Å². The third-order valence-corrected chi connectivity index (χ3v) is 14.0. The van der Waals surface area contributed by atoms with E-state index in [1.54, 1.807) is 0 Å². The highest BCUT2D eigenvalue weighted by molar-refractivity contribution is 6.13. The Balaban J connectivity index is 1.11. The Bertz CT molecular complexity index is 3370. The molecule has 2 heterocycles. The lowest BCUT2D eigenvalue weighted by Crippen LogP contribution is -2.33. The molecule has 2 nitrogen and oxygen atoms in total. The molecule has 9 aromatic carbocycles. The third-order valence-electron chi connectivity index (χ3n) is 14.0. The Hall–Kier alpha value is -7.42. The molecular formula is C58H40N2. The topological polar surface area (TPSA) is 8.17 Å². The van der Waals surface area contributed by atoms with Crippen molar-refractivity contribution in [2.24, 2.45) is 0 Å². The largest absolute Gasteiger partial charge is 0.309 e. The number of nitrogens with zero attached hydrogens (tertiary/aromatic N) is 2. The molecule has 0 fully saturated rings. The first-order valence-electron chi connectivity index (χ1n) is 21.1. The maximum absolute atomic E-state index is 2.56. The van der Waals surface area contributed by atoms with Crippen molar-refractivity contribution in [1.82, 2.24) is 4.57 Å². The summed E-state index contributed by atoms with van der Waals surface area (Å²) >= 11 is 0. The number of hydrogen-bond acceptors (Lipinski definition) is 1. The van der Waals surface area contributed by atoms with E-state index in [9.17, 15) is 0 Å². The van der Waals surface area contributed by atoms with Crippen LogP contribution in [-0.4, -0.2) is 4.57 Å². The van der Waals surface area contributed by atoms with E-state index in [1.165, 1.54) is 99.9 Å². The molecule has 0 saturated heterocycles. The van der Waals surface area contributed by atoms with Crippen LogP contribution in [0, 0.1) is 0 Å². The second kappa shape index (κ2) is 12.1. The van der Waals surface area contributed by atoms with Crippen LogP contribution in [0.1, 0.15) is 47.2 Å². The van der Waals surface area contributed by atoms with Crippen LogP contribution in [0.5, 0.6) is 0 Å². The molecule has 10 aromatic rings. The van der Waals surface area contributed by atoms with Gasteiger partial charge in [0.1, 0.15) is 0 Å². The molecule has 2 heteroatoms. The number of rotatable bonds is 4. The summed E-state index contributed by atoms with van der Waals surface area (Å²) in [6.45, 7) is 4.73. The van der Waals surface area contributed by atoms with Crippen molar-refractivity contribution in [1.29, 1.82) is 0 Å². The highest BCUT2D eigenvalue weighted by atomic mass is 15.1. The van der Waals surface area contributed by atoms with Crippen molar-refractivity contribution in [3.63, 3.8) is 0 Å². The summed E-state index contributed by atoms with van der Waals surface area (Å²) in [4.78, 5) is 2.50. The van der Waals surface area contributed by atoms with Crippen LogP contribution < -0.4 is 4.90 Å². The minimum Gasteiger partial charge on any atom is -0.309 e. The zero-order valence-corrected chi connectivity index (χ0v) is 33.5. The molecule has 0 unspecified atom stereocenters. The van der Waals surface area contributed by atoms with Gasteiger partial charge in [-0.25, -0.2) is 0 Å². The number of hydrogen-bond donors (Lipinski definition) is 0. The van der Waals surface area contributed by atoms with E-state index < -0.39 is 5.41 Å². The number of para-hydroxylation sites is 4. The molecule has 1 aromatic heterocycles. The molecule has 13 rings (SSSR count). The summed E-state index contributed by atoms with van der Waals surface area (Å²) in [6.07, 6.45) is 0. The van der Waals surface area contributed by atoms with Gasteiger partial charge < -0.3 is 9.47 Å². The monoisotopic (exact) mass is 764 g/mol. The summed E-state index contributed by atoms with van der Waals surface area (Å²) in [5.74, 6) is 0. The van der Waals surface area contributed by atoms with Crippen LogP contribution in [0.4, 0.5) is 17.1 Å². The number of aromatic nitrogens is 1. The van der Waals surface area contributed by atoms with Gasteiger partial charge in [-0.05, 0) is 92.0 Å². The molecule has 0 amide bonds. The lowest BCUT2D eigenvalue weighted by molar-refractivity contribution is 0.660. The summed E-state index contributed by atoms with van der Waals surface area (Å²) in [7, 11) is 0. The van der Waals surface area contributed by atoms with E-state index in [4.69, 9.17) is 0 Å². The molecule has 0 saturated carbocycles. The molecule has 0 N–H and O–H groups in total. The summed E-state index contributed by atoms with van der Waals surface area (Å²) in [5.41, 5.74) is 22.3. The fourth-order valence-corrected chi connectivity index (χ4v) is 11.6. The van der Waals surface area contributed by atoms with E-state index in [0.717, 1.165) is 11.4 Å². The van der Waals surface area contributed by atoms with Crippen molar-refractivity contribution >= 4 is 38.9 Å². The molecule has 1 spiro atoms. The average Bonchev–Trinajstić information content (AvgIpc) is 3.89. The van der Waals surface area contributed by atoms with Gasteiger partial charge in [-0.3, -0.25) is 0 Å². The van der Waals surface area contributed by atoms with Crippen LogP contribution in [-0.2, 0) is 10.8 Å². The van der Waals surface area contributed by atoms with E-state index in [0.29, 0.717) is 0 Å². The molecule has 3 aliphatic rings. The van der Waals surface area contributed by atoms with Crippen LogP contribution >= 0.6 is 0 Å². The van der Waals surface area contributed by atoms with E-state index in [1.807, 2.05) is 0 Å². The van der Waals surface area contributed by atoms with E-state index in [2.05, 4.69) is 230 Å². The quantitative estimate of drug-likeness (QED) is 0.173. The first-order valence-corrected chi connectivity index (χ1v) is 21.1. The zero-order chi connectivity index (χ0) is 39.7. The third kappa shape index (κ3) is 4.17. The maximum Gasteiger partial charge on any atom is 0.0754 e. The lowest BCUT2D eigenvalue weighted by Gasteiger charge is -2.40. The lowest BCUT2D eigenvalue weighted by atomic mass is 9.65. The van der Waals surface area contributed by atoms with Crippen molar-refractivity contribution in [3.8, 4) is 39.1 Å². The first kappa shape index (κ1) is 33.5. The number of anilines is 3. The Morgan fingerprint density at radius 1 is 0.400 bits per heavy atom. The van der Waals surface area contributed by atoms with Crippen LogP contribution in [0.2, 0.25) is 0 Å². The molecule has 1 aliphatic heterocycles. The number of fused-ring (bicyclic) bond motifs is 15. The molecule has 0 bridgehead atoms. The van der Waals surface area contributed by atoms with Gasteiger partial charge in [-0.1, -0.05) is 184 Å². The average molecular weight is 765 g/mol. The minimum absolute atomic E-state index is 0.114. The Morgan fingerprint density at radius 2 is 0.967 bits per heavy atom. The highest BCUT2D eigenvalue weighted by Crippen LogP contribution is 2.62. The van der Waals surface area contributed by atoms with Crippen LogP contribution in [0.3, 0.4) is 0 Å². The molecule has 282 valence electrons. The van der Waals surface area contributed by atoms with Gasteiger partial charge in [-0.15, -0.1) is 0 Å². The van der Waals surface area contributed by atoms with Gasteiger partial charge in [0, 0.05) is 33.0 Å². The standard InChI is InChI=1S/C58H40N2/c1-57(2)45-26-11-8-24-44(45)55-49(57)29-17-33-53(55)59(38-18-4-3-5-19-38)51-31-14-9-20-39(51)37-34-35-48-54(36-37)60-52-32-15-10-23-42(52)43-25-16-30-50(56(43)60)58(48)46-27-12-6-21-40(46)41-22-7-13-28-47(41)58/h3-36H,1-2H3. The van der Waals surface area contributed by atoms with E-state index in [-0.39, 0.29) is 5.41 Å². The van der Waals surface area contributed by atoms with Gasteiger partial charge in [-0.2, -0.15) is 0 Å². The molecule has 0 radical (unpaired) electrons. The van der Waals surface area contributed by atoms with Crippen LogP contribution in [0.25, 0.3) is 60.9 Å². The van der Waals surface area contributed by atoms with Gasteiger partial charge in [0.25, 0.3) is 0 Å². The molecule has 60 heavy (non-hydrogen) atoms. The number of benzene rings is 9. The molecule has 0 atom stereocenters. The summed E-state index contributed by atoms with van der Waals surface area (Å²) in [6, 6.07) is 77.2. The Morgan fingerprint density at radius 3 is 1.75 bits per heavy atom. The fraction of sp³-hybridized carbons (Fsp3) is 0.0690. The van der Waals surface area contributed by atoms with Gasteiger partial charge in [0.2, 0.25) is 0 Å². The second-order valence-corrected chi connectivity index (χ2v) is 17.2. The van der Waals surface area contributed by atoms with Gasteiger partial charge in [0.15, 0.2) is 0 Å². The fourth-order valence-electron chi connectivity index (χ4n) is 11.6. The zero-order valence-electron chi connectivity index (χ0n) is 33.5. The van der Waals surface area contributed by atoms with Crippen molar-refractivity contribution in [3.05, 3.63) is 240 Å². The van der Waals surface area contributed by atoms with E-state index >= 15 is 0 Å². The summed E-state index contributed by atoms with van der Waals surface area (Å²) < 4.78 is 2.56. The van der Waals surface area contributed by atoms with Crippen molar-refractivity contribution < 1.29 is 0 Å². The Labute approximate surface area is 350 Å². The predicted octanol–water partition coefficient (Wildman–Crippen LogP) is 14.9. The minimum atomic E-state index is -0.481. The summed E-state index contributed by atoms with van der Waals surface area (Å²) in [5, 5.41) is 2.57. The maximum atomic E-state index is 2.56. The van der Waals surface area contributed by atoms with Gasteiger partial charge >= 0.3 is 0 Å². The smallest absolute Gasteiger partial charge is 0.0754 e. The molecule has 2 aliphatic carbocycles. The Kier molecular flexibility index (Phi) is 6.74. The normalized spacial score (nSPS) is 14.4. The second-order valence-electron chi connectivity index (χ2n) is 17.2. The molecular weight excluding hydrogens is 725 g/mol. The van der Waals surface area contributed by atoms with Crippen molar-refractivity contribution in [2.45, 2.75) is 24.7 Å². The SMILES string of the molecule is CC1(C)c2ccccc2-c2c(N(c3ccccc3)c3ccccc3-c3ccc4c(c3)-n3c5ccccc5c5cccc(c53)C43c4ccccc4-c4ccccc43)cccc21. The highest BCUT2D eigenvalue weighted by Gasteiger charge is 2.50. The van der Waals surface area contributed by atoms with Crippen LogP contribution in [0.15, 0.2) is 206 Å².